The average molecular weight is 517 g/mol. The normalized spacial score (nSPS) is 12.3. The first-order valence-electron chi connectivity index (χ1n) is 12.4. The summed E-state index contributed by atoms with van der Waals surface area (Å²) in [6.45, 7) is 7.90. The van der Waals surface area contributed by atoms with E-state index in [1.807, 2.05) is 70.2 Å². The van der Waals surface area contributed by atoms with Crippen LogP contribution < -0.4 is 9.62 Å². The van der Waals surface area contributed by atoms with E-state index in [2.05, 4.69) is 5.32 Å². The van der Waals surface area contributed by atoms with Crippen molar-refractivity contribution in [2.24, 2.45) is 0 Å². The molecule has 0 saturated carbocycles. The Kier molecular flexibility index (Phi) is 10.9. The van der Waals surface area contributed by atoms with Gasteiger partial charge in [-0.3, -0.25) is 9.59 Å². The fourth-order valence-corrected chi connectivity index (χ4v) is 5.01. The molecule has 0 bridgehead atoms. The summed E-state index contributed by atoms with van der Waals surface area (Å²) in [5.74, 6) is -0.674. The number of hydrogen-bond donors (Lipinski definition) is 1. The van der Waals surface area contributed by atoms with Crippen LogP contribution in [0.2, 0.25) is 0 Å². The molecule has 2 amide bonds. The summed E-state index contributed by atoms with van der Waals surface area (Å²) in [5, 5.41) is 2.93. The summed E-state index contributed by atoms with van der Waals surface area (Å²) in [4.78, 5) is 28.5. The van der Waals surface area contributed by atoms with Gasteiger partial charge in [0.05, 0.1) is 5.69 Å². The van der Waals surface area contributed by atoms with Crippen molar-refractivity contribution in [1.29, 1.82) is 0 Å². The summed E-state index contributed by atoms with van der Waals surface area (Å²) < 4.78 is 29.0. The van der Waals surface area contributed by atoms with E-state index in [1.165, 1.54) is 19.0 Å². The maximum atomic E-state index is 13.9. The minimum Gasteiger partial charge on any atom is -0.354 e. The van der Waals surface area contributed by atoms with Crippen molar-refractivity contribution < 1.29 is 18.0 Å². The largest absolute Gasteiger partial charge is 0.354 e. The zero-order valence-electron chi connectivity index (χ0n) is 22.3. The first-order chi connectivity index (χ1) is 17.0. The molecule has 2 rings (SSSR count). The highest BCUT2D eigenvalue weighted by Gasteiger charge is 2.34. The second-order valence-corrected chi connectivity index (χ2v) is 11.2. The molecule has 9 heteroatoms. The van der Waals surface area contributed by atoms with Gasteiger partial charge in [-0.05, 0) is 49.4 Å². The molecule has 0 radical (unpaired) electrons. The van der Waals surface area contributed by atoms with Crippen LogP contribution >= 0.6 is 0 Å². The lowest BCUT2D eigenvalue weighted by Gasteiger charge is -2.34. The quantitative estimate of drug-likeness (QED) is 0.412. The number of benzene rings is 2. The van der Waals surface area contributed by atoms with E-state index >= 15 is 0 Å². The van der Waals surface area contributed by atoms with E-state index in [-0.39, 0.29) is 12.5 Å². The SMILES string of the molecule is CCCCNC(=O)C(CC)N(Cc1ccccc1)C(=O)CN(c1cc(C)ccc1C)S(=O)(=O)N(C)C. The lowest BCUT2D eigenvalue weighted by atomic mass is 10.1. The lowest BCUT2D eigenvalue weighted by molar-refractivity contribution is -0.140. The fourth-order valence-electron chi connectivity index (χ4n) is 3.90. The molecule has 2 aromatic carbocycles. The molecule has 1 N–H and O–H groups in total. The maximum absolute atomic E-state index is 13.9. The Labute approximate surface area is 216 Å². The van der Waals surface area contributed by atoms with Crippen LogP contribution in [-0.2, 0) is 26.3 Å². The van der Waals surface area contributed by atoms with Gasteiger partial charge in [0, 0.05) is 27.2 Å². The highest BCUT2D eigenvalue weighted by Crippen LogP contribution is 2.26. The van der Waals surface area contributed by atoms with Gasteiger partial charge in [0.1, 0.15) is 12.6 Å². The van der Waals surface area contributed by atoms with Crippen LogP contribution in [-0.4, -0.2) is 62.7 Å². The van der Waals surface area contributed by atoms with Crippen LogP contribution in [0.1, 0.15) is 49.8 Å². The van der Waals surface area contributed by atoms with Gasteiger partial charge in [0.15, 0.2) is 0 Å². The predicted octanol–water partition coefficient (Wildman–Crippen LogP) is 3.64. The minimum atomic E-state index is -3.98. The topological polar surface area (TPSA) is 90.0 Å². The van der Waals surface area contributed by atoms with Gasteiger partial charge < -0.3 is 10.2 Å². The van der Waals surface area contributed by atoms with E-state index in [1.54, 1.807) is 6.07 Å². The van der Waals surface area contributed by atoms with Crippen molar-refractivity contribution in [2.75, 3.05) is 31.5 Å². The Bertz CT molecular complexity index is 1120. The number of nitrogens with one attached hydrogen (secondary N) is 1. The lowest BCUT2D eigenvalue weighted by Crippen LogP contribution is -2.53. The van der Waals surface area contributed by atoms with Crippen LogP contribution in [0, 0.1) is 13.8 Å². The van der Waals surface area contributed by atoms with Gasteiger partial charge in [-0.2, -0.15) is 12.7 Å². The van der Waals surface area contributed by atoms with Crippen molar-refractivity contribution in [3.8, 4) is 0 Å². The molecule has 2 aromatic rings. The molecule has 0 heterocycles. The molecule has 1 unspecified atom stereocenters. The zero-order chi connectivity index (χ0) is 26.9. The first-order valence-corrected chi connectivity index (χ1v) is 13.8. The van der Waals surface area contributed by atoms with Crippen LogP contribution in [0.5, 0.6) is 0 Å². The molecule has 8 nitrogen and oxygen atoms in total. The van der Waals surface area contributed by atoms with Crippen molar-refractivity contribution in [3.05, 3.63) is 65.2 Å². The number of amides is 2. The van der Waals surface area contributed by atoms with Gasteiger partial charge in [-0.25, -0.2) is 4.31 Å². The molecule has 0 aliphatic rings. The predicted molar refractivity (Wildman–Crippen MR) is 145 cm³/mol. The Morgan fingerprint density at radius 2 is 1.67 bits per heavy atom. The number of anilines is 1. The zero-order valence-corrected chi connectivity index (χ0v) is 23.1. The molecular weight excluding hydrogens is 476 g/mol. The summed E-state index contributed by atoms with van der Waals surface area (Å²) in [7, 11) is -1.10. The first kappa shape index (κ1) is 29.3. The third kappa shape index (κ3) is 7.54. The molecule has 0 fully saturated rings. The standard InChI is InChI=1S/C27H40N4O4S/c1-7-9-17-28-27(33)24(8-2)30(19-23-13-11-10-12-14-23)26(32)20-31(36(34,35)29(5)6)25-18-21(3)15-16-22(25)4/h10-16,18,24H,7-9,17,19-20H2,1-6H3,(H,28,33). The molecule has 1 atom stereocenters. The van der Waals surface area contributed by atoms with Crippen molar-refractivity contribution in [1.82, 2.24) is 14.5 Å². The molecule has 0 aliphatic heterocycles. The number of nitrogens with zero attached hydrogens (tertiary/aromatic N) is 3. The van der Waals surface area contributed by atoms with Gasteiger partial charge in [-0.1, -0.05) is 62.7 Å². The number of carbonyl (C=O) groups is 2. The van der Waals surface area contributed by atoms with Crippen LogP contribution in [0.4, 0.5) is 5.69 Å². The van der Waals surface area contributed by atoms with Crippen LogP contribution in [0.15, 0.2) is 48.5 Å². The summed E-state index contributed by atoms with van der Waals surface area (Å²) >= 11 is 0. The molecule has 0 saturated heterocycles. The Morgan fingerprint density at radius 1 is 1.00 bits per heavy atom. The summed E-state index contributed by atoms with van der Waals surface area (Å²) in [6.07, 6.45) is 2.19. The van der Waals surface area contributed by atoms with E-state index in [0.717, 1.165) is 38.1 Å². The van der Waals surface area contributed by atoms with Gasteiger partial charge in [0.2, 0.25) is 11.8 Å². The van der Waals surface area contributed by atoms with Crippen molar-refractivity contribution in [2.45, 2.75) is 59.5 Å². The van der Waals surface area contributed by atoms with E-state index in [0.29, 0.717) is 18.7 Å². The Balaban J connectivity index is 2.49. The maximum Gasteiger partial charge on any atom is 0.304 e. The average Bonchev–Trinajstić information content (AvgIpc) is 2.84. The van der Waals surface area contributed by atoms with Gasteiger partial charge in [0.25, 0.3) is 0 Å². The second-order valence-electron chi connectivity index (χ2n) is 9.16. The molecule has 198 valence electrons. The van der Waals surface area contributed by atoms with Gasteiger partial charge in [-0.15, -0.1) is 0 Å². The number of unbranched alkanes of at least 4 members (excludes halogenated alkanes) is 1. The number of hydrogen-bond acceptors (Lipinski definition) is 4. The van der Waals surface area contributed by atoms with E-state index in [9.17, 15) is 18.0 Å². The highest BCUT2D eigenvalue weighted by molar-refractivity contribution is 7.90. The van der Waals surface area contributed by atoms with Gasteiger partial charge >= 0.3 is 10.2 Å². The number of rotatable bonds is 13. The molecule has 36 heavy (non-hydrogen) atoms. The van der Waals surface area contributed by atoms with Crippen molar-refractivity contribution in [3.63, 3.8) is 0 Å². The highest BCUT2D eigenvalue weighted by atomic mass is 32.2. The molecular formula is C27H40N4O4S. The van der Waals surface area contributed by atoms with E-state index < -0.39 is 28.7 Å². The van der Waals surface area contributed by atoms with Crippen LogP contribution in [0.25, 0.3) is 0 Å². The monoisotopic (exact) mass is 516 g/mol. The smallest absolute Gasteiger partial charge is 0.304 e. The Hall–Kier alpha value is -2.91. The summed E-state index contributed by atoms with van der Waals surface area (Å²) in [5.41, 5.74) is 2.92. The third-order valence-corrected chi connectivity index (χ3v) is 7.87. The third-order valence-electron chi connectivity index (χ3n) is 6.06. The molecule has 0 spiro atoms. The number of aryl methyl sites for hydroxylation is 2. The minimum absolute atomic E-state index is 0.196. The summed E-state index contributed by atoms with van der Waals surface area (Å²) in [6, 6.07) is 14.2. The number of carbonyl (C=O) groups excluding carboxylic acids is 2. The van der Waals surface area contributed by atoms with E-state index in [4.69, 9.17) is 0 Å². The fraction of sp³-hybridized carbons (Fsp3) is 0.481. The van der Waals surface area contributed by atoms with Crippen molar-refractivity contribution >= 4 is 27.7 Å². The molecule has 0 aliphatic carbocycles. The second kappa shape index (κ2) is 13.4. The Morgan fingerprint density at radius 3 is 2.25 bits per heavy atom. The van der Waals surface area contributed by atoms with Crippen LogP contribution in [0.3, 0.4) is 0 Å². The molecule has 0 aromatic heterocycles.